The van der Waals surface area contributed by atoms with Crippen molar-refractivity contribution in [3.8, 4) is 0 Å². The van der Waals surface area contributed by atoms with Crippen LogP contribution >= 0.6 is 15.9 Å². The molecule has 0 aliphatic carbocycles. The van der Waals surface area contributed by atoms with E-state index in [0.717, 1.165) is 29.3 Å². The van der Waals surface area contributed by atoms with Crippen molar-refractivity contribution in [3.05, 3.63) is 71.8 Å². The first-order valence-electron chi connectivity index (χ1n) is 15.3. The number of hydrogen-bond acceptors (Lipinski definition) is 5. The lowest BCUT2D eigenvalue weighted by atomic mass is 10.0. The first-order chi connectivity index (χ1) is 19.6. The van der Waals surface area contributed by atoms with Gasteiger partial charge in [0, 0.05) is 11.6 Å². The van der Waals surface area contributed by atoms with Gasteiger partial charge in [0.15, 0.2) is 0 Å². The van der Waals surface area contributed by atoms with Crippen LogP contribution in [0.5, 0.6) is 0 Å². The normalized spacial score (nSPS) is 19.3. The van der Waals surface area contributed by atoms with Crippen LogP contribution in [0.3, 0.4) is 0 Å². The zero-order valence-electron chi connectivity index (χ0n) is 24.9. The monoisotopic (exact) mass is 620 g/mol. The van der Waals surface area contributed by atoms with Crippen molar-refractivity contribution in [1.29, 1.82) is 0 Å². The van der Waals surface area contributed by atoms with Crippen LogP contribution in [0.4, 0.5) is 0 Å². The summed E-state index contributed by atoms with van der Waals surface area (Å²) in [6.45, 7) is 11.7. The molecular weight excluding hydrogens is 568 g/mol. The van der Waals surface area contributed by atoms with Crippen molar-refractivity contribution < 1.29 is 23.7 Å². The number of methoxy groups -OCH3 is 1. The molecule has 0 N–H and O–H groups in total. The summed E-state index contributed by atoms with van der Waals surface area (Å²) in [5.74, 6) is 0. The molecule has 1 aliphatic rings. The highest BCUT2D eigenvalue weighted by molar-refractivity contribution is 9.10. The summed E-state index contributed by atoms with van der Waals surface area (Å²) in [7, 11) is 1.65. The molecule has 5 nitrogen and oxygen atoms in total. The number of benzene rings is 1. The molecular formula is C34H53BrO5. The second-order valence-corrected chi connectivity index (χ2v) is 11.6. The van der Waals surface area contributed by atoms with Crippen LogP contribution in [0.2, 0.25) is 0 Å². The summed E-state index contributed by atoms with van der Waals surface area (Å²) >= 11 is 3.47. The van der Waals surface area contributed by atoms with E-state index in [9.17, 15) is 0 Å². The van der Waals surface area contributed by atoms with Gasteiger partial charge in [-0.2, -0.15) is 0 Å². The van der Waals surface area contributed by atoms with Gasteiger partial charge in [0.05, 0.1) is 25.4 Å². The highest BCUT2D eigenvalue weighted by Gasteiger charge is 2.29. The molecule has 6 heteroatoms. The third-order valence-corrected chi connectivity index (χ3v) is 7.80. The van der Waals surface area contributed by atoms with Crippen molar-refractivity contribution in [3.63, 3.8) is 0 Å². The lowest BCUT2D eigenvalue weighted by molar-refractivity contribution is -0.149. The van der Waals surface area contributed by atoms with Gasteiger partial charge in [0.1, 0.15) is 25.1 Å². The van der Waals surface area contributed by atoms with E-state index >= 15 is 0 Å². The summed E-state index contributed by atoms with van der Waals surface area (Å²) < 4.78 is 31.1. The highest BCUT2D eigenvalue weighted by Crippen LogP contribution is 2.23. The average Bonchev–Trinajstić information content (AvgIpc) is 2.98. The molecule has 0 saturated heterocycles. The van der Waals surface area contributed by atoms with Crippen LogP contribution in [0, 0.1) is 0 Å². The Bertz CT molecular complexity index is 811. The van der Waals surface area contributed by atoms with E-state index in [1.165, 1.54) is 57.8 Å². The van der Waals surface area contributed by atoms with E-state index in [-0.39, 0.29) is 37.3 Å². The van der Waals surface area contributed by atoms with Crippen LogP contribution in [-0.2, 0) is 30.3 Å². The summed E-state index contributed by atoms with van der Waals surface area (Å²) in [6, 6.07) is 8.17. The molecule has 1 heterocycles. The molecule has 5 atom stereocenters. The van der Waals surface area contributed by atoms with Crippen LogP contribution < -0.4 is 0 Å². The molecule has 40 heavy (non-hydrogen) atoms. The molecule has 0 fully saturated rings. The first-order valence-corrected chi connectivity index (χ1v) is 16.1. The smallest absolute Gasteiger partial charge is 0.146 e. The molecule has 0 amide bonds. The molecule has 0 unspecified atom stereocenters. The van der Waals surface area contributed by atoms with Gasteiger partial charge in [-0.05, 0) is 30.5 Å². The van der Waals surface area contributed by atoms with Crippen molar-refractivity contribution in [2.45, 2.75) is 121 Å². The second kappa shape index (κ2) is 22.3. The largest absolute Gasteiger partial charge is 0.374 e. The molecule has 0 radical (unpaired) electrons. The summed E-state index contributed by atoms with van der Waals surface area (Å²) in [6.07, 6.45) is 21.6. The topological polar surface area (TPSA) is 46.2 Å². The Morgan fingerprint density at radius 3 is 2.27 bits per heavy atom. The van der Waals surface area contributed by atoms with Gasteiger partial charge in [0.2, 0.25) is 0 Å². The minimum absolute atomic E-state index is 0.0362. The van der Waals surface area contributed by atoms with Crippen LogP contribution in [0.25, 0.3) is 0 Å². The molecule has 1 aromatic rings. The van der Waals surface area contributed by atoms with Gasteiger partial charge in [0.25, 0.3) is 0 Å². The summed E-state index contributed by atoms with van der Waals surface area (Å²) in [5.41, 5.74) is 1.14. The predicted octanol–water partition coefficient (Wildman–Crippen LogP) is 9.11. The van der Waals surface area contributed by atoms with Crippen molar-refractivity contribution in [1.82, 2.24) is 0 Å². The Hall–Kier alpha value is -1.28. The van der Waals surface area contributed by atoms with E-state index in [1.54, 1.807) is 7.11 Å². The highest BCUT2D eigenvalue weighted by atomic mass is 79.9. The fraction of sp³-hybridized carbons (Fsp3) is 0.647. The number of ether oxygens (including phenoxy) is 5. The standard InChI is InChI=1S/C34H53BrO5/c1-5-8-9-10-11-12-13-14-15-16-19-33(38-27-36-4)31(6-2)40-32(7-3)34-20-17-18-30(39-34)26-37-25-28-21-23-29(35)24-22-28/h6-7,17,20-24,30-34H,2-3,5,8-16,18-19,25-27H2,1,4H3/t30-,31+,32+,33+,34+/m0/s1. The lowest BCUT2D eigenvalue weighted by Gasteiger charge is -2.34. The number of hydrogen-bond donors (Lipinski definition) is 0. The van der Waals surface area contributed by atoms with Crippen LogP contribution in [0.1, 0.15) is 89.5 Å². The zero-order valence-corrected chi connectivity index (χ0v) is 26.5. The fourth-order valence-electron chi connectivity index (χ4n) is 4.95. The SMILES string of the molecule is C=C[C@@H](O[C@H](C=C)[C@@H](CCCCCCCCCCCC)OCOC)[C@H]1C=CC[C@@H](COCc2ccc(Br)cc2)O1. The molecule has 226 valence electrons. The van der Waals surface area contributed by atoms with Crippen molar-refractivity contribution in [2.24, 2.45) is 0 Å². The van der Waals surface area contributed by atoms with Crippen molar-refractivity contribution >= 4 is 15.9 Å². The maximum absolute atomic E-state index is 6.49. The minimum atomic E-state index is -0.324. The van der Waals surface area contributed by atoms with Gasteiger partial charge in [-0.25, -0.2) is 0 Å². The van der Waals surface area contributed by atoms with Gasteiger partial charge in [-0.1, -0.05) is 123 Å². The second-order valence-electron chi connectivity index (χ2n) is 10.6. The molecule has 2 rings (SSSR count). The molecule has 0 aromatic heterocycles. The van der Waals surface area contributed by atoms with E-state index < -0.39 is 0 Å². The third kappa shape index (κ3) is 14.6. The van der Waals surface area contributed by atoms with Gasteiger partial charge >= 0.3 is 0 Å². The number of halogens is 1. The van der Waals surface area contributed by atoms with Crippen molar-refractivity contribution in [2.75, 3.05) is 20.5 Å². The van der Waals surface area contributed by atoms with E-state index in [2.05, 4.69) is 60.3 Å². The zero-order chi connectivity index (χ0) is 28.8. The Labute approximate surface area is 252 Å². The molecule has 0 saturated carbocycles. The Morgan fingerprint density at radius 1 is 0.975 bits per heavy atom. The maximum Gasteiger partial charge on any atom is 0.146 e. The molecule has 0 spiro atoms. The van der Waals surface area contributed by atoms with Crippen LogP contribution in [0.15, 0.2) is 66.2 Å². The Morgan fingerprint density at radius 2 is 1.65 bits per heavy atom. The number of unbranched alkanes of at least 4 members (excludes halogenated alkanes) is 9. The molecule has 1 aromatic carbocycles. The molecule has 0 bridgehead atoms. The maximum atomic E-state index is 6.49. The minimum Gasteiger partial charge on any atom is -0.374 e. The molecule has 1 aliphatic heterocycles. The Balaban J connectivity index is 1.78. The van der Waals surface area contributed by atoms with Crippen LogP contribution in [-0.4, -0.2) is 51.0 Å². The average molecular weight is 622 g/mol. The number of rotatable bonds is 24. The van der Waals surface area contributed by atoms with Gasteiger partial charge in [-0.15, -0.1) is 13.2 Å². The Kier molecular flexibility index (Phi) is 19.5. The van der Waals surface area contributed by atoms with Gasteiger partial charge in [-0.3, -0.25) is 0 Å². The summed E-state index contributed by atoms with van der Waals surface area (Å²) in [5, 5.41) is 0. The van der Waals surface area contributed by atoms with E-state index in [0.29, 0.717) is 13.2 Å². The van der Waals surface area contributed by atoms with E-state index in [4.69, 9.17) is 23.7 Å². The first kappa shape index (κ1) is 34.9. The fourth-order valence-corrected chi connectivity index (χ4v) is 5.21. The van der Waals surface area contributed by atoms with Gasteiger partial charge < -0.3 is 23.7 Å². The predicted molar refractivity (Wildman–Crippen MR) is 168 cm³/mol. The van der Waals surface area contributed by atoms with E-state index in [1.807, 2.05) is 24.3 Å². The quantitative estimate of drug-likeness (QED) is 0.0655. The third-order valence-electron chi connectivity index (χ3n) is 7.27. The lowest BCUT2D eigenvalue weighted by Crippen LogP contribution is -2.41. The summed E-state index contributed by atoms with van der Waals surface area (Å²) in [4.78, 5) is 0.